The van der Waals surface area contributed by atoms with Crippen molar-refractivity contribution in [3.63, 3.8) is 0 Å². The van der Waals surface area contributed by atoms with Gasteiger partial charge in [-0.25, -0.2) is 0 Å². The Hall–Kier alpha value is -0.530. The van der Waals surface area contributed by atoms with E-state index in [-0.39, 0.29) is 5.97 Å². The molecule has 0 radical (unpaired) electrons. The average Bonchev–Trinajstić information content (AvgIpc) is 2.00. The molecule has 0 aromatic rings. The molecule has 0 aromatic heterocycles. The zero-order valence-corrected chi connectivity index (χ0v) is 10.9. The van der Waals surface area contributed by atoms with E-state index in [0.29, 0.717) is 12.5 Å². The van der Waals surface area contributed by atoms with Crippen LogP contribution in [0.3, 0.4) is 0 Å². The standard InChI is InChI=1S/C13H26O2/c1-10(2)8-12(4)9-11(3)6-7-15-13(5)14/h10-12H,6-9H2,1-5H3. The Morgan fingerprint density at radius 1 is 1.07 bits per heavy atom. The van der Waals surface area contributed by atoms with Crippen molar-refractivity contribution in [1.82, 2.24) is 0 Å². The van der Waals surface area contributed by atoms with Crippen LogP contribution in [0.1, 0.15) is 53.9 Å². The first kappa shape index (κ1) is 14.5. The lowest BCUT2D eigenvalue weighted by Gasteiger charge is -2.18. The van der Waals surface area contributed by atoms with Crippen molar-refractivity contribution in [3.8, 4) is 0 Å². The van der Waals surface area contributed by atoms with Gasteiger partial charge in [-0.15, -0.1) is 0 Å². The van der Waals surface area contributed by atoms with E-state index in [4.69, 9.17) is 4.74 Å². The van der Waals surface area contributed by atoms with Gasteiger partial charge in [0.15, 0.2) is 0 Å². The summed E-state index contributed by atoms with van der Waals surface area (Å²) >= 11 is 0. The highest BCUT2D eigenvalue weighted by atomic mass is 16.5. The number of ether oxygens (including phenoxy) is 1. The maximum Gasteiger partial charge on any atom is 0.302 e. The molecule has 15 heavy (non-hydrogen) atoms. The van der Waals surface area contributed by atoms with Gasteiger partial charge < -0.3 is 4.74 Å². The molecule has 0 amide bonds. The zero-order chi connectivity index (χ0) is 11.8. The van der Waals surface area contributed by atoms with E-state index in [9.17, 15) is 4.79 Å². The molecule has 0 aliphatic rings. The molecule has 2 atom stereocenters. The molecule has 90 valence electrons. The van der Waals surface area contributed by atoms with Crippen molar-refractivity contribution in [2.45, 2.75) is 53.9 Å². The predicted molar refractivity (Wildman–Crippen MR) is 63.7 cm³/mol. The molecule has 0 aliphatic carbocycles. The van der Waals surface area contributed by atoms with Crippen LogP contribution in [0.5, 0.6) is 0 Å². The van der Waals surface area contributed by atoms with Crippen LogP contribution >= 0.6 is 0 Å². The second kappa shape index (κ2) is 7.72. The third kappa shape index (κ3) is 9.77. The van der Waals surface area contributed by atoms with Gasteiger partial charge in [-0.3, -0.25) is 4.79 Å². The summed E-state index contributed by atoms with van der Waals surface area (Å²) in [5.41, 5.74) is 0. The second-order valence-corrected chi connectivity index (χ2v) is 5.20. The fourth-order valence-corrected chi connectivity index (χ4v) is 2.11. The van der Waals surface area contributed by atoms with Crippen LogP contribution in [0, 0.1) is 17.8 Å². The van der Waals surface area contributed by atoms with Crippen LogP contribution < -0.4 is 0 Å². The van der Waals surface area contributed by atoms with Crippen LogP contribution in [0.4, 0.5) is 0 Å². The largest absolute Gasteiger partial charge is 0.466 e. The van der Waals surface area contributed by atoms with Crippen LogP contribution in [-0.2, 0) is 9.53 Å². The van der Waals surface area contributed by atoms with Gasteiger partial charge in [0, 0.05) is 6.92 Å². The molecule has 2 heteroatoms. The molecule has 0 saturated carbocycles. The lowest BCUT2D eigenvalue weighted by atomic mass is 9.89. The van der Waals surface area contributed by atoms with Gasteiger partial charge in [-0.2, -0.15) is 0 Å². The lowest BCUT2D eigenvalue weighted by molar-refractivity contribution is -0.141. The highest BCUT2D eigenvalue weighted by molar-refractivity contribution is 5.65. The summed E-state index contributed by atoms with van der Waals surface area (Å²) in [7, 11) is 0. The summed E-state index contributed by atoms with van der Waals surface area (Å²) in [6, 6.07) is 0. The smallest absolute Gasteiger partial charge is 0.302 e. The Labute approximate surface area is 94.4 Å². The molecule has 0 saturated heterocycles. The fourth-order valence-electron chi connectivity index (χ4n) is 2.11. The molecule has 0 heterocycles. The molecule has 2 nitrogen and oxygen atoms in total. The quantitative estimate of drug-likeness (QED) is 0.605. The van der Waals surface area contributed by atoms with Gasteiger partial charge in [0.2, 0.25) is 0 Å². The summed E-state index contributed by atoms with van der Waals surface area (Å²) in [6.07, 6.45) is 3.51. The molecule has 0 aliphatic heterocycles. The van der Waals surface area contributed by atoms with Crippen molar-refractivity contribution in [2.75, 3.05) is 6.61 Å². The van der Waals surface area contributed by atoms with E-state index in [0.717, 1.165) is 18.3 Å². The summed E-state index contributed by atoms with van der Waals surface area (Å²) < 4.78 is 4.94. The van der Waals surface area contributed by atoms with E-state index >= 15 is 0 Å². The van der Waals surface area contributed by atoms with Crippen LogP contribution in [-0.4, -0.2) is 12.6 Å². The summed E-state index contributed by atoms with van der Waals surface area (Å²) in [5.74, 6) is 2.04. The third-order valence-corrected chi connectivity index (χ3v) is 2.59. The highest BCUT2D eigenvalue weighted by Gasteiger charge is 2.10. The van der Waals surface area contributed by atoms with Crippen molar-refractivity contribution in [2.24, 2.45) is 17.8 Å². The number of esters is 1. The van der Waals surface area contributed by atoms with Gasteiger partial charge in [-0.05, 0) is 37.0 Å². The minimum Gasteiger partial charge on any atom is -0.466 e. The van der Waals surface area contributed by atoms with Crippen LogP contribution in [0.2, 0.25) is 0 Å². The Morgan fingerprint density at radius 2 is 1.67 bits per heavy atom. The maximum atomic E-state index is 10.6. The first-order valence-corrected chi connectivity index (χ1v) is 6.05. The number of hydrogen-bond acceptors (Lipinski definition) is 2. The summed E-state index contributed by atoms with van der Waals surface area (Å²) in [4.78, 5) is 10.6. The topological polar surface area (TPSA) is 26.3 Å². The first-order valence-electron chi connectivity index (χ1n) is 6.05. The Morgan fingerprint density at radius 3 is 2.13 bits per heavy atom. The number of carbonyl (C=O) groups is 1. The molecule has 0 spiro atoms. The monoisotopic (exact) mass is 214 g/mol. The van der Waals surface area contributed by atoms with Crippen molar-refractivity contribution in [3.05, 3.63) is 0 Å². The van der Waals surface area contributed by atoms with Crippen molar-refractivity contribution < 1.29 is 9.53 Å². The molecule has 2 unspecified atom stereocenters. The molecule has 0 bridgehead atoms. The maximum absolute atomic E-state index is 10.6. The number of carbonyl (C=O) groups excluding carboxylic acids is 1. The normalized spacial score (nSPS) is 15.1. The van der Waals surface area contributed by atoms with E-state index in [1.165, 1.54) is 19.8 Å². The predicted octanol–water partition coefficient (Wildman–Crippen LogP) is 3.65. The second-order valence-electron chi connectivity index (χ2n) is 5.20. The molecular formula is C13H26O2. The highest BCUT2D eigenvalue weighted by Crippen LogP contribution is 2.21. The Kier molecular flexibility index (Phi) is 7.45. The van der Waals surface area contributed by atoms with Gasteiger partial charge in [0.25, 0.3) is 0 Å². The van der Waals surface area contributed by atoms with Crippen molar-refractivity contribution >= 4 is 5.97 Å². The minimum atomic E-state index is -0.169. The van der Waals surface area contributed by atoms with E-state index in [2.05, 4.69) is 27.7 Å². The Balaban J connectivity index is 3.54. The zero-order valence-electron chi connectivity index (χ0n) is 10.9. The fraction of sp³-hybridized carbons (Fsp3) is 0.923. The van der Waals surface area contributed by atoms with E-state index < -0.39 is 0 Å². The summed E-state index contributed by atoms with van der Waals surface area (Å²) in [6.45, 7) is 11.1. The number of hydrogen-bond donors (Lipinski definition) is 0. The molecule has 0 fully saturated rings. The average molecular weight is 214 g/mol. The van der Waals surface area contributed by atoms with Gasteiger partial charge in [0.1, 0.15) is 0 Å². The van der Waals surface area contributed by atoms with Crippen molar-refractivity contribution in [1.29, 1.82) is 0 Å². The first-order chi connectivity index (χ1) is 6.91. The minimum absolute atomic E-state index is 0.169. The summed E-state index contributed by atoms with van der Waals surface area (Å²) in [5, 5.41) is 0. The van der Waals surface area contributed by atoms with E-state index in [1.54, 1.807) is 0 Å². The molecule has 0 aromatic carbocycles. The van der Waals surface area contributed by atoms with Crippen LogP contribution in [0.15, 0.2) is 0 Å². The van der Waals surface area contributed by atoms with Gasteiger partial charge in [0.05, 0.1) is 6.61 Å². The van der Waals surface area contributed by atoms with Crippen LogP contribution in [0.25, 0.3) is 0 Å². The Bertz CT molecular complexity index is 175. The SMILES string of the molecule is CC(=O)OCCC(C)CC(C)CC(C)C. The lowest BCUT2D eigenvalue weighted by Crippen LogP contribution is -2.10. The van der Waals surface area contributed by atoms with Gasteiger partial charge >= 0.3 is 5.97 Å². The molecule has 0 rings (SSSR count). The third-order valence-electron chi connectivity index (χ3n) is 2.59. The van der Waals surface area contributed by atoms with Gasteiger partial charge in [-0.1, -0.05) is 27.7 Å². The molecular weight excluding hydrogens is 188 g/mol. The molecule has 0 N–H and O–H groups in total. The number of rotatable bonds is 7. The van der Waals surface area contributed by atoms with E-state index in [1.807, 2.05) is 0 Å².